The largest absolute Gasteiger partial charge is 0.508 e. The van der Waals surface area contributed by atoms with Crippen molar-refractivity contribution in [1.82, 2.24) is 0 Å². The zero-order chi connectivity index (χ0) is 22.1. The Balaban J connectivity index is 1.88. The molecule has 3 aromatic carbocycles. The first kappa shape index (κ1) is 19.6. The average molecular weight is 421 g/mol. The topological polar surface area (TPSA) is 149 Å². The van der Waals surface area contributed by atoms with E-state index in [9.17, 15) is 30.0 Å². The van der Waals surface area contributed by atoms with Gasteiger partial charge in [-0.25, -0.2) is 4.79 Å². The van der Waals surface area contributed by atoms with Crippen molar-refractivity contribution < 1.29 is 34.4 Å². The van der Waals surface area contributed by atoms with Gasteiger partial charge in [-0.3, -0.25) is 10.1 Å². The quantitative estimate of drug-likeness (QED) is 0.313. The molecule has 0 aliphatic heterocycles. The van der Waals surface area contributed by atoms with Crippen molar-refractivity contribution in [2.45, 2.75) is 0 Å². The summed E-state index contributed by atoms with van der Waals surface area (Å²) in [5.41, 5.74) is -0.556. The predicted molar refractivity (Wildman–Crippen MR) is 111 cm³/mol. The highest BCUT2D eigenvalue weighted by Gasteiger charge is 2.23. The predicted octanol–water partition coefficient (Wildman–Crippen LogP) is 3.89. The van der Waals surface area contributed by atoms with Gasteiger partial charge in [0.1, 0.15) is 22.5 Å². The number of phenolic OH excluding ortho intramolecular Hbond substituents is 4. The normalized spacial score (nSPS) is 10.7. The lowest BCUT2D eigenvalue weighted by atomic mass is 10.1. The van der Waals surface area contributed by atoms with Gasteiger partial charge >= 0.3 is 6.09 Å². The van der Waals surface area contributed by atoms with E-state index < -0.39 is 34.5 Å². The van der Waals surface area contributed by atoms with Gasteiger partial charge < -0.3 is 29.6 Å². The second-order valence-corrected chi connectivity index (χ2v) is 6.51. The molecule has 4 rings (SSSR count). The van der Waals surface area contributed by atoms with E-state index in [0.29, 0.717) is 5.69 Å². The Labute approximate surface area is 174 Å². The lowest BCUT2D eigenvalue weighted by Gasteiger charge is -2.12. The van der Waals surface area contributed by atoms with Gasteiger partial charge in [-0.05, 0) is 30.3 Å². The van der Waals surface area contributed by atoms with E-state index in [1.807, 2.05) is 0 Å². The van der Waals surface area contributed by atoms with Crippen LogP contribution in [-0.2, 0) is 0 Å². The summed E-state index contributed by atoms with van der Waals surface area (Å²) in [7, 11) is 0. The molecule has 0 saturated heterocycles. The number of carbonyl (C=O) groups is 1. The van der Waals surface area contributed by atoms with Gasteiger partial charge in [-0.1, -0.05) is 18.2 Å². The third-order valence-corrected chi connectivity index (χ3v) is 4.37. The van der Waals surface area contributed by atoms with E-state index in [0.717, 1.165) is 24.3 Å². The lowest BCUT2D eigenvalue weighted by molar-refractivity contribution is 0.214. The summed E-state index contributed by atoms with van der Waals surface area (Å²) in [6, 6.07) is 14.0. The van der Waals surface area contributed by atoms with Crippen LogP contribution in [0.25, 0.3) is 22.3 Å². The Kier molecular flexibility index (Phi) is 4.84. The van der Waals surface area contributed by atoms with Crippen LogP contribution in [0.5, 0.6) is 28.7 Å². The summed E-state index contributed by atoms with van der Waals surface area (Å²) in [6.07, 6.45) is -1.000. The fourth-order valence-electron chi connectivity index (χ4n) is 2.97. The number of nitrogens with one attached hydrogen (secondary N) is 1. The fraction of sp³-hybridized carbons (Fsp3) is 0. The first-order chi connectivity index (χ1) is 14.8. The van der Waals surface area contributed by atoms with Gasteiger partial charge in [0.05, 0.1) is 0 Å². The smallest absolute Gasteiger partial charge is 0.417 e. The van der Waals surface area contributed by atoms with Crippen LogP contribution in [0.3, 0.4) is 0 Å². The molecule has 0 radical (unpaired) electrons. The third kappa shape index (κ3) is 3.79. The SMILES string of the molecule is O=C(Nc1ccccc1)Oc1c(-c2ccc(O)c(O)c2)oc2cc(O)cc(O)c2c1=O. The average Bonchev–Trinajstić information content (AvgIpc) is 2.72. The van der Waals surface area contributed by atoms with Crippen molar-refractivity contribution in [1.29, 1.82) is 0 Å². The summed E-state index contributed by atoms with van der Waals surface area (Å²) in [6.45, 7) is 0. The van der Waals surface area contributed by atoms with Crippen LogP contribution >= 0.6 is 0 Å². The summed E-state index contributed by atoms with van der Waals surface area (Å²) in [5.74, 6) is -2.67. The van der Waals surface area contributed by atoms with Gasteiger partial charge in [0.15, 0.2) is 17.3 Å². The Morgan fingerprint density at radius 3 is 2.32 bits per heavy atom. The second-order valence-electron chi connectivity index (χ2n) is 6.51. The molecular formula is C22H15NO8. The standard InChI is InChI=1S/C22H15NO8/c24-13-9-16(27)18-17(10-13)30-20(11-6-7-14(25)15(26)8-11)21(19(18)28)31-22(29)23-12-4-2-1-3-5-12/h1-10,24-27H,(H,23,29). The van der Waals surface area contributed by atoms with E-state index in [1.54, 1.807) is 30.3 Å². The number of benzene rings is 3. The molecule has 1 heterocycles. The maximum atomic E-state index is 13.1. The van der Waals surface area contributed by atoms with E-state index in [4.69, 9.17) is 9.15 Å². The van der Waals surface area contributed by atoms with Crippen LogP contribution in [0.1, 0.15) is 0 Å². The Morgan fingerprint density at radius 1 is 0.871 bits per heavy atom. The van der Waals surface area contributed by atoms with Crippen molar-refractivity contribution in [3.8, 4) is 40.1 Å². The summed E-state index contributed by atoms with van der Waals surface area (Å²) in [4.78, 5) is 25.5. The number of phenols is 4. The zero-order valence-corrected chi connectivity index (χ0v) is 15.7. The second kappa shape index (κ2) is 7.64. The first-order valence-electron chi connectivity index (χ1n) is 8.92. The molecule has 9 heteroatoms. The van der Waals surface area contributed by atoms with Crippen LogP contribution < -0.4 is 15.5 Å². The number of rotatable bonds is 3. The number of anilines is 1. The maximum Gasteiger partial charge on any atom is 0.417 e. The molecule has 0 bridgehead atoms. The van der Waals surface area contributed by atoms with Gasteiger partial charge in [0, 0.05) is 23.4 Å². The lowest BCUT2D eigenvalue weighted by Crippen LogP contribution is -2.21. The highest BCUT2D eigenvalue weighted by Crippen LogP contribution is 2.38. The van der Waals surface area contributed by atoms with E-state index in [2.05, 4.69) is 5.32 Å². The zero-order valence-electron chi connectivity index (χ0n) is 15.7. The fourth-order valence-corrected chi connectivity index (χ4v) is 2.97. The molecule has 0 aliphatic rings. The molecule has 1 aromatic heterocycles. The van der Waals surface area contributed by atoms with Gasteiger partial charge in [0.25, 0.3) is 0 Å². The summed E-state index contributed by atoms with van der Waals surface area (Å²) < 4.78 is 10.9. The minimum absolute atomic E-state index is 0.0969. The number of amides is 1. The first-order valence-corrected chi connectivity index (χ1v) is 8.92. The summed E-state index contributed by atoms with van der Waals surface area (Å²) in [5, 5.41) is 41.4. The number of carbonyl (C=O) groups excluding carboxylic acids is 1. The molecule has 9 nitrogen and oxygen atoms in total. The van der Waals surface area contributed by atoms with Gasteiger partial charge in [0.2, 0.25) is 11.2 Å². The Morgan fingerprint density at radius 2 is 1.61 bits per heavy atom. The molecule has 0 saturated carbocycles. The maximum absolute atomic E-state index is 13.1. The highest BCUT2D eigenvalue weighted by molar-refractivity contribution is 5.91. The summed E-state index contributed by atoms with van der Waals surface area (Å²) >= 11 is 0. The van der Waals surface area contributed by atoms with Crippen molar-refractivity contribution in [3.63, 3.8) is 0 Å². The minimum atomic E-state index is -1.000. The molecule has 0 spiro atoms. The monoisotopic (exact) mass is 421 g/mol. The van der Waals surface area contributed by atoms with Gasteiger partial charge in [-0.15, -0.1) is 0 Å². The molecule has 0 atom stereocenters. The van der Waals surface area contributed by atoms with Crippen LogP contribution in [0.15, 0.2) is 69.9 Å². The molecule has 0 unspecified atom stereocenters. The van der Waals surface area contributed by atoms with E-state index in [-0.39, 0.29) is 28.0 Å². The number of fused-ring (bicyclic) bond motifs is 1. The number of aromatic hydroxyl groups is 4. The minimum Gasteiger partial charge on any atom is -0.508 e. The Bertz CT molecular complexity index is 1360. The van der Waals surface area contributed by atoms with E-state index in [1.165, 1.54) is 6.07 Å². The molecule has 156 valence electrons. The van der Waals surface area contributed by atoms with Crippen LogP contribution in [-0.4, -0.2) is 26.5 Å². The number of hydrogen-bond acceptors (Lipinski definition) is 8. The third-order valence-electron chi connectivity index (χ3n) is 4.37. The van der Waals surface area contributed by atoms with E-state index >= 15 is 0 Å². The molecule has 0 fully saturated rings. The van der Waals surface area contributed by atoms with Crippen LogP contribution in [0.2, 0.25) is 0 Å². The number of para-hydroxylation sites is 1. The molecule has 4 aromatic rings. The highest BCUT2D eigenvalue weighted by atomic mass is 16.6. The number of ether oxygens (including phenoxy) is 1. The van der Waals surface area contributed by atoms with Crippen molar-refractivity contribution in [2.24, 2.45) is 0 Å². The Hall–Kier alpha value is -4.66. The number of hydrogen-bond donors (Lipinski definition) is 5. The van der Waals surface area contributed by atoms with Crippen LogP contribution in [0.4, 0.5) is 10.5 Å². The molecule has 31 heavy (non-hydrogen) atoms. The van der Waals surface area contributed by atoms with Gasteiger partial charge in [-0.2, -0.15) is 0 Å². The molecule has 0 aliphatic carbocycles. The van der Waals surface area contributed by atoms with Crippen molar-refractivity contribution >= 4 is 22.7 Å². The van der Waals surface area contributed by atoms with Crippen molar-refractivity contribution in [2.75, 3.05) is 5.32 Å². The molecular weight excluding hydrogens is 406 g/mol. The van der Waals surface area contributed by atoms with Crippen LogP contribution in [0, 0.1) is 0 Å². The molecule has 1 amide bonds. The van der Waals surface area contributed by atoms with Crippen molar-refractivity contribution in [3.05, 3.63) is 70.9 Å². The molecule has 5 N–H and O–H groups in total.